The molecule has 0 fully saturated rings. The summed E-state index contributed by atoms with van der Waals surface area (Å²) < 4.78 is 0. The van der Waals surface area contributed by atoms with Crippen LogP contribution in [0, 0.1) is 0 Å². The van der Waals surface area contributed by atoms with Crippen LogP contribution in [-0.2, 0) is 16.0 Å². The molecule has 23 heavy (non-hydrogen) atoms. The molecule has 0 unspecified atom stereocenters. The van der Waals surface area contributed by atoms with Gasteiger partial charge in [-0.1, -0.05) is 62.4 Å². The van der Waals surface area contributed by atoms with E-state index < -0.39 is 11.7 Å². The molecule has 1 amide bonds. The molecule has 0 atom stereocenters. The molecule has 2 aromatic carbocycles. The number of nitrogens with one attached hydrogen (secondary N) is 1. The number of rotatable bonds is 4. The predicted molar refractivity (Wildman–Crippen MR) is 92.3 cm³/mol. The molecule has 0 aromatic heterocycles. The Balaban J connectivity index is 1.82. The van der Waals surface area contributed by atoms with E-state index in [0.717, 1.165) is 16.7 Å². The normalized spacial score (nSPS) is 12.7. The summed E-state index contributed by atoms with van der Waals surface area (Å²) in [5, 5.41) is 2.77. The molecule has 0 saturated carbocycles. The van der Waals surface area contributed by atoms with Gasteiger partial charge in [0.15, 0.2) is 0 Å². The van der Waals surface area contributed by atoms with Gasteiger partial charge in [-0.3, -0.25) is 9.59 Å². The molecule has 3 nitrogen and oxygen atoms in total. The average molecular weight is 305 g/mol. The molecule has 116 valence electrons. The quantitative estimate of drug-likeness (QED) is 0.869. The third-order valence-electron chi connectivity index (χ3n) is 4.12. The monoisotopic (exact) mass is 305 g/mol. The van der Waals surface area contributed by atoms with Crippen molar-refractivity contribution in [2.75, 3.05) is 5.32 Å². The lowest BCUT2D eigenvalue weighted by Gasteiger charge is -2.13. The first-order valence-electron chi connectivity index (χ1n) is 7.81. The highest BCUT2D eigenvalue weighted by atomic mass is 16.2. The van der Waals surface area contributed by atoms with Crippen LogP contribution in [0.3, 0.4) is 0 Å². The van der Waals surface area contributed by atoms with Gasteiger partial charge in [0, 0.05) is 11.3 Å². The number of ketones is 1. The highest BCUT2D eigenvalue weighted by Crippen LogP contribution is 2.29. The number of hydrogen-bond donors (Lipinski definition) is 1. The van der Waals surface area contributed by atoms with Crippen molar-refractivity contribution in [2.45, 2.75) is 26.2 Å². The summed E-state index contributed by atoms with van der Waals surface area (Å²) in [6, 6.07) is 15.3. The van der Waals surface area contributed by atoms with Gasteiger partial charge in [-0.25, -0.2) is 0 Å². The Morgan fingerprint density at radius 3 is 2.48 bits per heavy atom. The number of allylic oxidation sites excluding steroid dienone is 1. The minimum atomic E-state index is -0.582. The van der Waals surface area contributed by atoms with Crippen LogP contribution in [0.15, 0.2) is 54.6 Å². The van der Waals surface area contributed by atoms with E-state index in [1.807, 2.05) is 54.6 Å². The van der Waals surface area contributed by atoms with Crippen LogP contribution in [0.2, 0.25) is 0 Å². The van der Waals surface area contributed by atoms with Crippen molar-refractivity contribution in [3.8, 4) is 0 Å². The molecule has 0 bridgehead atoms. The van der Waals surface area contributed by atoms with Crippen molar-refractivity contribution >= 4 is 23.0 Å². The van der Waals surface area contributed by atoms with Crippen LogP contribution in [0.1, 0.15) is 36.5 Å². The summed E-state index contributed by atoms with van der Waals surface area (Å²) in [6.45, 7) is 4.12. The van der Waals surface area contributed by atoms with E-state index in [9.17, 15) is 9.59 Å². The molecule has 2 aromatic rings. The van der Waals surface area contributed by atoms with Gasteiger partial charge in [0.2, 0.25) is 0 Å². The first-order valence-corrected chi connectivity index (χ1v) is 7.81. The first kappa shape index (κ1) is 15.2. The molecule has 3 heteroatoms. The highest BCUT2D eigenvalue weighted by molar-refractivity contribution is 6.56. The second-order valence-corrected chi connectivity index (χ2v) is 6.00. The number of Topliss-reactive ketones (excluding diaryl/α,β-unsaturated/α-hetero) is 1. The average Bonchev–Trinajstić information content (AvgIpc) is 2.98. The number of benzene rings is 2. The van der Waals surface area contributed by atoms with Gasteiger partial charge in [-0.2, -0.15) is 0 Å². The van der Waals surface area contributed by atoms with Crippen LogP contribution >= 0.6 is 0 Å². The number of carbonyl (C=O) groups excluding carboxylic acids is 2. The standard InChI is InChI=1S/C20H19NO2/c1-13(2)15-8-5-6-10-18(15)21-20(23)19(22)17-12-11-14-7-3-4-9-16(14)17/h3-10,12-13H,11H2,1-2H3,(H,21,23). The van der Waals surface area contributed by atoms with Crippen LogP contribution in [0.25, 0.3) is 5.57 Å². The summed E-state index contributed by atoms with van der Waals surface area (Å²) in [7, 11) is 0. The predicted octanol–water partition coefficient (Wildman–Crippen LogP) is 3.96. The lowest BCUT2D eigenvalue weighted by molar-refractivity contribution is -0.131. The number of hydrogen-bond acceptors (Lipinski definition) is 2. The van der Waals surface area contributed by atoms with Gasteiger partial charge in [0.05, 0.1) is 0 Å². The Hall–Kier alpha value is -2.68. The van der Waals surface area contributed by atoms with Crippen molar-refractivity contribution in [1.29, 1.82) is 0 Å². The van der Waals surface area contributed by atoms with Gasteiger partial charge >= 0.3 is 0 Å². The van der Waals surface area contributed by atoms with Gasteiger partial charge in [-0.15, -0.1) is 0 Å². The maximum Gasteiger partial charge on any atom is 0.296 e. The largest absolute Gasteiger partial charge is 0.319 e. The fraction of sp³-hybridized carbons (Fsp3) is 0.200. The Labute approximate surface area is 136 Å². The molecule has 1 aliphatic carbocycles. The van der Waals surface area contributed by atoms with Crippen LogP contribution in [-0.4, -0.2) is 11.7 Å². The lowest BCUT2D eigenvalue weighted by Crippen LogP contribution is -2.24. The molecule has 0 spiro atoms. The number of fused-ring (bicyclic) bond motifs is 1. The molecule has 0 heterocycles. The van der Waals surface area contributed by atoms with Crippen molar-refractivity contribution < 1.29 is 9.59 Å². The molecule has 1 aliphatic rings. The van der Waals surface area contributed by atoms with Gasteiger partial charge < -0.3 is 5.32 Å². The summed E-state index contributed by atoms with van der Waals surface area (Å²) in [5.41, 5.74) is 4.18. The zero-order chi connectivity index (χ0) is 16.4. The van der Waals surface area contributed by atoms with Crippen molar-refractivity contribution in [3.05, 3.63) is 71.3 Å². The Kier molecular flexibility index (Phi) is 4.11. The summed E-state index contributed by atoms with van der Waals surface area (Å²) >= 11 is 0. The maximum absolute atomic E-state index is 12.5. The minimum absolute atomic E-state index is 0.271. The third-order valence-corrected chi connectivity index (χ3v) is 4.12. The molecule has 0 saturated heterocycles. The Morgan fingerprint density at radius 2 is 1.70 bits per heavy atom. The Morgan fingerprint density at radius 1 is 1.00 bits per heavy atom. The fourth-order valence-electron chi connectivity index (χ4n) is 2.91. The van der Waals surface area contributed by atoms with E-state index in [4.69, 9.17) is 0 Å². The van der Waals surface area contributed by atoms with E-state index in [2.05, 4.69) is 19.2 Å². The van der Waals surface area contributed by atoms with E-state index in [-0.39, 0.29) is 5.92 Å². The lowest BCUT2D eigenvalue weighted by atomic mass is 10.00. The Bertz CT molecular complexity index is 803. The summed E-state index contributed by atoms with van der Waals surface area (Å²) in [5.74, 6) is -0.789. The van der Waals surface area contributed by atoms with Gasteiger partial charge in [0.1, 0.15) is 0 Å². The van der Waals surface area contributed by atoms with Gasteiger partial charge in [0.25, 0.3) is 11.7 Å². The molecule has 3 rings (SSSR count). The molecule has 1 N–H and O–H groups in total. The second kappa shape index (κ2) is 6.21. The number of amides is 1. The highest BCUT2D eigenvalue weighted by Gasteiger charge is 2.25. The summed E-state index contributed by atoms with van der Waals surface area (Å²) in [6.07, 6.45) is 2.54. The van der Waals surface area contributed by atoms with E-state index in [1.165, 1.54) is 0 Å². The smallest absolute Gasteiger partial charge is 0.296 e. The topological polar surface area (TPSA) is 46.2 Å². The first-order chi connectivity index (χ1) is 11.1. The van der Waals surface area contributed by atoms with Crippen molar-refractivity contribution in [2.24, 2.45) is 0 Å². The van der Waals surface area contributed by atoms with Crippen LogP contribution in [0.5, 0.6) is 0 Å². The van der Waals surface area contributed by atoms with Crippen molar-refractivity contribution in [3.63, 3.8) is 0 Å². The number of para-hydroxylation sites is 1. The van der Waals surface area contributed by atoms with Gasteiger partial charge in [-0.05, 0) is 35.1 Å². The maximum atomic E-state index is 12.5. The van der Waals surface area contributed by atoms with E-state index >= 15 is 0 Å². The molecular formula is C20H19NO2. The molecule has 0 radical (unpaired) electrons. The summed E-state index contributed by atoms with van der Waals surface area (Å²) in [4.78, 5) is 24.9. The fourth-order valence-corrected chi connectivity index (χ4v) is 2.91. The SMILES string of the molecule is CC(C)c1ccccc1NC(=O)C(=O)C1=CCc2ccccc21. The zero-order valence-corrected chi connectivity index (χ0v) is 13.3. The van der Waals surface area contributed by atoms with Crippen molar-refractivity contribution in [1.82, 2.24) is 0 Å². The third kappa shape index (κ3) is 2.95. The molecular weight excluding hydrogens is 286 g/mol. The molecule has 0 aliphatic heterocycles. The van der Waals surface area contributed by atoms with Crippen LogP contribution in [0.4, 0.5) is 5.69 Å². The zero-order valence-electron chi connectivity index (χ0n) is 13.3. The number of anilines is 1. The minimum Gasteiger partial charge on any atom is -0.319 e. The second-order valence-electron chi connectivity index (χ2n) is 6.00. The van der Waals surface area contributed by atoms with Crippen LogP contribution < -0.4 is 5.32 Å². The number of carbonyl (C=O) groups is 2. The van der Waals surface area contributed by atoms with E-state index in [0.29, 0.717) is 17.7 Å². The van der Waals surface area contributed by atoms with E-state index in [1.54, 1.807) is 0 Å².